The average molecular weight is 1970 g/mol. The van der Waals surface area contributed by atoms with Crippen LogP contribution in [0.5, 0.6) is 11.5 Å². The Morgan fingerprint density at radius 2 is 0.771 bits per heavy atom. The number of piperazine rings is 1. The molecule has 722 valence electrons. The van der Waals surface area contributed by atoms with E-state index in [2.05, 4.69) is 312 Å². The van der Waals surface area contributed by atoms with Crippen LogP contribution in [0.15, 0.2) is 212 Å². The molecule has 5 saturated heterocycles. The van der Waals surface area contributed by atoms with E-state index in [4.69, 9.17) is 20.0 Å². The Morgan fingerprint density at radius 1 is 0.361 bits per heavy atom. The van der Waals surface area contributed by atoms with Gasteiger partial charge in [0, 0.05) is 185 Å². The molecule has 5 aliphatic heterocycles. The molecule has 20 heterocycles. The number of H-pyrrole nitrogens is 5. The summed E-state index contributed by atoms with van der Waals surface area (Å²) in [6, 6.07) is 61.9. The molecule has 4 aromatic carbocycles. The second-order valence-electron chi connectivity index (χ2n) is 37.7. The maximum atomic E-state index is 9.73. The zero-order chi connectivity index (χ0) is 98.9. The fourth-order valence-corrected chi connectivity index (χ4v) is 21.1. The molecule has 5 N–H and O–H groups in total. The predicted octanol–water partition coefficient (Wildman–Crippen LogP) is 21.4. The molecule has 15 aromatic heterocycles. The lowest BCUT2D eigenvalue weighted by molar-refractivity contribution is 0.104. The van der Waals surface area contributed by atoms with Crippen LogP contribution in [0, 0.1) is 63.6 Å². The minimum Gasteiger partial charge on any atom is -0.487 e. The van der Waals surface area contributed by atoms with Crippen LogP contribution in [0.3, 0.4) is 0 Å². The van der Waals surface area contributed by atoms with Gasteiger partial charge in [-0.25, -0.2) is 49.8 Å². The Hall–Kier alpha value is -15.7. The summed E-state index contributed by atoms with van der Waals surface area (Å²) in [5.41, 5.74) is 23.8. The van der Waals surface area contributed by atoms with Gasteiger partial charge in [0.1, 0.15) is 82.2 Å². The lowest BCUT2D eigenvalue weighted by atomic mass is 10.0. The van der Waals surface area contributed by atoms with E-state index in [1.54, 1.807) is 37.2 Å². The van der Waals surface area contributed by atoms with Crippen molar-refractivity contribution in [3.05, 3.63) is 252 Å². The van der Waals surface area contributed by atoms with Crippen molar-refractivity contribution < 1.29 is 9.47 Å². The van der Waals surface area contributed by atoms with Gasteiger partial charge in [-0.3, -0.25) is 4.90 Å². The number of ether oxygens (including phenoxy) is 2. The number of fused-ring (bicyclic) bond motifs is 15. The van der Waals surface area contributed by atoms with Crippen LogP contribution < -0.4 is 19.3 Å². The van der Waals surface area contributed by atoms with Crippen LogP contribution in [0.2, 0.25) is 0 Å². The summed E-state index contributed by atoms with van der Waals surface area (Å²) >= 11 is 3.52. The molecular formula is C114H112BrN27O2. The molecule has 29 nitrogen and oxygen atoms in total. The first kappa shape index (κ1) is 95.8. The zero-order valence-corrected chi connectivity index (χ0v) is 83.4. The monoisotopic (exact) mass is 1970 g/mol. The van der Waals surface area contributed by atoms with E-state index in [-0.39, 0.29) is 12.2 Å². The van der Waals surface area contributed by atoms with Gasteiger partial charge in [0.2, 0.25) is 0 Å². The molecule has 5 aliphatic rings. The van der Waals surface area contributed by atoms with Crippen molar-refractivity contribution in [3.63, 3.8) is 0 Å². The SMILES string of the molecule is CCN(CC)C1CCN(c2c(C#N)ncc3[nH]c4ncc(Br)cc4c23)CC1.CCN1CCC(Oc2c(C#N)ncc3[nH]c4ncc(-c5ccc(C)cc5)cc4c23)CC1.CCN1CCC(Oc2c(C#N)ncc3[nH]c4ncc(-c5ccccc5)cc4c23)CC1.CN1CCN(c2ccc(-c3cnc4[nH]c5cnc(C#N)cc5c4c3)cc2)CC1.N#Cc1cc2c(cn1)[nH]c1ncc(-c3ccc(CN4CCCCC4)cc3)cc12. The molecule has 0 aliphatic carbocycles. The number of hydrogen-bond donors (Lipinski definition) is 5. The summed E-state index contributed by atoms with van der Waals surface area (Å²) in [5, 5.41) is 57.2. The molecule has 0 unspecified atom stereocenters. The number of benzene rings is 4. The maximum Gasteiger partial charge on any atom is 0.183 e. The van der Waals surface area contributed by atoms with Crippen LogP contribution >= 0.6 is 15.9 Å². The highest BCUT2D eigenvalue weighted by atomic mass is 79.9. The van der Waals surface area contributed by atoms with Crippen molar-refractivity contribution in [2.24, 2.45) is 0 Å². The Bertz CT molecular complexity index is 8100. The molecule has 0 amide bonds. The summed E-state index contributed by atoms with van der Waals surface area (Å²) in [5.74, 6) is 1.15. The number of aryl methyl sites for hydroxylation is 1. The molecule has 19 aromatic rings. The van der Waals surface area contributed by atoms with Crippen molar-refractivity contribution in [1.29, 1.82) is 26.3 Å². The summed E-state index contributed by atoms with van der Waals surface area (Å²) in [7, 11) is 2.17. The second-order valence-corrected chi connectivity index (χ2v) is 38.6. The summed E-state index contributed by atoms with van der Waals surface area (Å²) in [6.07, 6.45) is 28.0. The van der Waals surface area contributed by atoms with Gasteiger partial charge in [-0.05, 0) is 203 Å². The Morgan fingerprint density at radius 3 is 1.23 bits per heavy atom. The van der Waals surface area contributed by atoms with Crippen LogP contribution in [-0.4, -0.2) is 229 Å². The Labute approximate surface area is 843 Å². The summed E-state index contributed by atoms with van der Waals surface area (Å²) < 4.78 is 13.8. The number of halogens is 1. The van der Waals surface area contributed by atoms with Crippen LogP contribution in [-0.2, 0) is 6.54 Å². The van der Waals surface area contributed by atoms with E-state index in [0.29, 0.717) is 46.0 Å². The minimum absolute atomic E-state index is 0.0838. The summed E-state index contributed by atoms with van der Waals surface area (Å²) in [6.45, 7) is 28.9. The van der Waals surface area contributed by atoms with E-state index in [0.717, 1.165) is 301 Å². The average Bonchev–Trinajstić information content (AvgIpc) is 1.62. The highest BCUT2D eigenvalue weighted by Crippen LogP contribution is 2.43. The second kappa shape index (κ2) is 43.4. The van der Waals surface area contributed by atoms with E-state index < -0.39 is 0 Å². The number of likely N-dealkylation sites (tertiary alicyclic amines) is 3. The van der Waals surface area contributed by atoms with Gasteiger partial charge in [-0.2, -0.15) is 26.3 Å². The fourth-order valence-electron chi connectivity index (χ4n) is 20.8. The quantitative estimate of drug-likeness (QED) is 0.0565. The van der Waals surface area contributed by atoms with Crippen molar-refractivity contribution in [2.45, 2.75) is 117 Å². The molecule has 24 rings (SSSR count). The number of pyridine rings is 10. The van der Waals surface area contributed by atoms with E-state index in [9.17, 15) is 15.8 Å². The van der Waals surface area contributed by atoms with Crippen molar-refractivity contribution in [2.75, 3.05) is 122 Å². The molecule has 5 fully saturated rings. The number of piperidine rings is 4. The number of aromatic nitrogens is 15. The maximum absolute atomic E-state index is 9.73. The zero-order valence-electron chi connectivity index (χ0n) is 81.8. The molecule has 0 bridgehead atoms. The van der Waals surface area contributed by atoms with Gasteiger partial charge in [0.05, 0.1) is 75.0 Å². The molecule has 0 atom stereocenters. The van der Waals surface area contributed by atoms with Crippen LogP contribution in [0.4, 0.5) is 11.4 Å². The topological polar surface area (TPSA) is 368 Å². The van der Waals surface area contributed by atoms with Gasteiger partial charge in [-0.15, -0.1) is 0 Å². The highest BCUT2D eigenvalue weighted by molar-refractivity contribution is 9.10. The number of anilines is 2. The van der Waals surface area contributed by atoms with Gasteiger partial charge < -0.3 is 63.8 Å². The number of nitrogens with one attached hydrogen (secondary N) is 5. The Kier molecular flexibility index (Phi) is 28.9. The Balaban J connectivity index is 0.000000110. The first-order valence-corrected chi connectivity index (χ1v) is 50.8. The van der Waals surface area contributed by atoms with Gasteiger partial charge in [-0.1, -0.05) is 131 Å². The molecule has 0 saturated carbocycles. The fraction of sp³-hybridized carbons (Fsp3) is 0.307. The third kappa shape index (κ3) is 20.6. The van der Waals surface area contributed by atoms with Crippen molar-refractivity contribution in [1.82, 2.24) is 99.3 Å². The minimum atomic E-state index is 0.0838. The smallest absolute Gasteiger partial charge is 0.183 e. The van der Waals surface area contributed by atoms with Crippen LogP contribution in [0.25, 0.3) is 154 Å². The molecule has 0 radical (unpaired) electrons. The van der Waals surface area contributed by atoms with E-state index >= 15 is 0 Å². The number of nitrogens with zero attached hydrogens (tertiary/aromatic N) is 22. The lowest BCUT2D eigenvalue weighted by Gasteiger charge is -2.39. The molecule has 144 heavy (non-hydrogen) atoms. The largest absolute Gasteiger partial charge is 0.487 e. The predicted molar refractivity (Wildman–Crippen MR) is 573 cm³/mol. The van der Waals surface area contributed by atoms with Crippen LogP contribution in [0.1, 0.15) is 125 Å². The molecular weight excluding hydrogens is 1860 g/mol. The number of hydrogen-bond acceptors (Lipinski definition) is 24. The van der Waals surface area contributed by atoms with E-state index in [1.165, 1.54) is 49.2 Å². The molecule has 30 heteroatoms. The number of nitriles is 5. The van der Waals surface area contributed by atoms with E-state index in [1.807, 2.05) is 55.1 Å². The van der Waals surface area contributed by atoms with Gasteiger partial charge in [0.15, 0.2) is 28.6 Å². The third-order valence-electron chi connectivity index (χ3n) is 28.9. The standard InChI is InChI=1S/C25H25N5O.C24H23N5O.C23H21N5.C22H20N6.C20H23BrN6/c1-3-30-10-8-19(9-11-30)31-24-21(13-26)27-15-22-23(24)20-12-18(14-28-25(20)29-22)17-6-4-16(2)5-7-17;1-2-29-10-8-18(9-11-29)30-23-20(13-25)26-15-21-22(23)19-12-17(14-27-24(19)28-21)16-6-4-3-5-7-16;24-12-19-11-20-21-10-18(13-26-23(21)27-22(20)14-25-19)17-6-4-16(5-7-17)15-28-8-2-1-3-9-28;1-27-6-8-28(9-7-27)18-4-2-15(3-5-18)16-10-20-19-11-17(12-23)24-14-21(19)26-22(20)25-13-16;1-3-26(4-2)14-5-7-27(8-6-14)19-16(10-22)23-12-17-18(19)15-9-13(21)11-24-20(15)25-17/h4-7,12,14-15,19H,3,8-11H2,1-2H3,(H,28,29);3-7,12,14-15,18H,2,8-11H2,1H3,(H,27,28);4-7,10-11,13-14H,1-3,8-9,15H2,(H,26,27);2-5,10-11,13-14H,6-9H2,1H3,(H,25,26);9,11-12,14H,3-8H2,1-2H3,(H,24,25). The van der Waals surface area contributed by atoms with Gasteiger partial charge >= 0.3 is 0 Å². The number of aromatic amines is 5. The van der Waals surface area contributed by atoms with Crippen molar-refractivity contribution >= 4 is 137 Å². The first-order valence-electron chi connectivity index (χ1n) is 50.0. The number of likely N-dealkylation sites (N-methyl/N-ethyl adjacent to an activating group) is 1. The third-order valence-corrected chi connectivity index (χ3v) is 29.3. The van der Waals surface area contributed by atoms with Gasteiger partial charge in [0.25, 0.3) is 0 Å². The highest BCUT2D eigenvalue weighted by Gasteiger charge is 2.31. The summed E-state index contributed by atoms with van der Waals surface area (Å²) in [4.78, 5) is 77.9. The number of rotatable bonds is 17. The normalized spacial score (nSPS) is 15.4. The first-order chi connectivity index (χ1) is 70.6. The van der Waals surface area contributed by atoms with Crippen molar-refractivity contribution in [3.8, 4) is 86.4 Å². The molecule has 0 spiro atoms. The lowest BCUT2D eigenvalue weighted by Crippen LogP contribution is -2.45.